The van der Waals surface area contributed by atoms with Gasteiger partial charge in [-0.15, -0.1) is 0 Å². The normalized spacial score (nSPS) is 20.6. The largest absolute Gasteiger partial charge is 0.369 e. The maximum atomic E-state index is 12.5. The summed E-state index contributed by atoms with van der Waals surface area (Å²) in [5.74, 6) is 1.29. The first-order valence-corrected chi connectivity index (χ1v) is 10.5. The van der Waals surface area contributed by atoms with Gasteiger partial charge < -0.3 is 20.0 Å². The Kier molecular flexibility index (Phi) is 5.94. The molecule has 1 unspecified atom stereocenters. The molecular weight excluding hydrogens is 364 g/mol. The lowest BCUT2D eigenvalue weighted by atomic mass is 10.0. The van der Waals surface area contributed by atoms with E-state index in [9.17, 15) is 4.79 Å². The Morgan fingerprint density at radius 1 is 1.00 bits per heavy atom. The predicted octanol–water partition coefficient (Wildman–Crippen LogP) is 2.72. The second-order valence-electron chi connectivity index (χ2n) is 8.24. The van der Waals surface area contributed by atoms with E-state index in [1.165, 1.54) is 18.5 Å². The van der Waals surface area contributed by atoms with Crippen LogP contribution in [0, 0.1) is 5.92 Å². The highest BCUT2D eigenvalue weighted by Crippen LogP contribution is 2.21. The molecule has 0 bridgehead atoms. The lowest BCUT2D eigenvalue weighted by molar-refractivity contribution is 0.102. The Labute approximate surface area is 172 Å². The van der Waals surface area contributed by atoms with E-state index in [-0.39, 0.29) is 5.91 Å². The maximum absolute atomic E-state index is 12.5. The molecule has 7 nitrogen and oxygen atoms in total. The van der Waals surface area contributed by atoms with Crippen molar-refractivity contribution in [3.8, 4) is 0 Å². The van der Waals surface area contributed by atoms with Crippen molar-refractivity contribution >= 4 is 23.1 Å². The summed E-state index contributed by atoms with van der Waals surface area (Å²) in [6.07, 6.45) is 5.72. The van der Waals surface area contributed by atoms with Gasteiger partial charge in [0.05, 0.1) is 12.4 Å². The van der Waals surface area contributed by atoms with Crippen LogP contribution in [0.2, 0.25) is 0 Å². The van der Waals surface area contributed by atoms with E-state index in [4.69, 9.17) is 0 Å². The number of anilines is 3. The third kappa shape index (κ3) is 4.85. The number of carbonyl (C=O) groups excluding carboxylic acids is 1. The van der Waals surface area contributed by atoms with E-state index in [2.05, 4.69) is 56.1 Å². The minimum absolute atomic E-state index is 0.233. The number of nitrogens with zero attached hydrogens (tertiary/aromatic N) is 5. The molecule has 3 heterocycles. The highest BCUT2D eigenvalue weighted by atomic mass is 16.1. The van der Waals surface area contributed by atoms with Gasteiger partial charge in [-0.2, -0.15) is 0 Å². The van der Waals surface area contributed by atoms with Gasteiger partial charge in [-0.1, -0.05) is 6.92 Å². The Morgan fingerprint density at radius 3 is 2.41 bits per heavy atom. The summed E-state index contributed by atoms with van der Waals surface area (Å²) < 4.78 is 0. The number of likely N-dealkylation sites (N-methyl/N-ethyl adjacent to an activating group) is 1. The van der Waals surface area contributed by atoms with Gasteiger partial charge in [0.1, 0.15) is 11.5 Å². The van der Waals surface area contributed by atoms with Crippen LogP contribution in [-0.4, -0.2) is 67.1 Å². The van der Waals surface area contributed by atoms with Gasteiger partial charge in [-0.3, -0.25) is 4.79 Å². The number of aromatic nitrogens is 2. The first kappa shape index (κ1) is 19.6. The molecule has 0 spiro atoms. The van der Waals surface area contributed by atoms with Crippen LogP contribution in [0.1, 0.15) is 30.3 Å². The quantitative estimate of drug-likeness (QED) is 0.860. The molecule has 2 aromatic rings. The molecule has 2 aliphatic rings. The van der Waals surface area contributed by atoms with Gasteiger partial charge >= 0.3 is 0 Å². The fourth-order valence-electron chi connectivity index (χ4n) is 4.01. The topological polar surface area (TPSA) is 64.6 Å². The summed E-state index contributed by atoms with van der Waals surface area (Å²) >= 11 is 0. The average molecular weight is 395 g/mol. The highest BCUT2D eigenvalue weighted by molar-refractivity contribution is 6.02. The number of amides is 1. The zero-order valence-electron chi connectivity index (χ0n) is 17.3. The van der Waals surface area contributed by atoms with Crippen LogP contribution < -0.4 is 15.1 Å². The molecular formula is C22H30N6O. The molecule has 0 saturated carbocycles. The minimum atomic E-state index is -0.233. The molecule has 7 heteroatoms. The minimum Gasteiger partial charge on any atom is -0.369 e. The zero-order valence-corrected chi connectivity index (χ0v) is 17.3. The second kappa shape index (κ2) is 8.78. The van der Waals surface area contributed by atoms with Crippen molar-refractivity contribution < 1.29 is 4.79 Å². The van der Waals surface area contributed by atoms with Crippen LogP contribution >= 0.6 is 0 Å². The Hall–Kier alpha value is -2.67. The number of carbonyl (C=O) groups is 1. The third-order valence-corrected chi connectivity index (χ3v) is 5.85. The van der Waals surface area contributed by atoms with Gasteiger partial charge in [0.15, 0.2) is 0 Å². The van der Waals surface area contributed by atoms with Gasteiger partial charge in [0, 0.05) is 50.6 Å². The van der Waals surface area contributed by atoms with Crippen molar-refractivity contribution in [2.45, 2.75) is 19.8 Å². The van der Waals surface area contributed by atoms with Crippen LogP contribution in [0.25, 0.3) is 0 Å². The van der Waals surface area contributed by atoms with Gasteiger partial charge in [0.25, 0.3) is 5.91 Å². The van der Waals surface area contributed by atoms with Gasteiger partial charge in [-0.05, 0) is 50.1 Å². The van der Waals surface area contributed by atoms with Crippen molar-refractivity contribution in [1.29, 1.82) is 0 Å². The van der Waals surface area contributed by atoms with Crippen molar-refractivity contribution in [3.05, 3.63) is 42.4 Å². The molecule has 29 heavy (non-hydrogen) atoms. The van der Waals surface area contributed by atoms with Crippen LogP contribution in [0.15, 0.2) is 36.7 Å². The van der Waals surface area contributed by atoms with Gasteiger partial charge in [0.2, 0.25) is 0 Å². The van der Waals surface area contributed by atoms with Crippen LogP contribution in [0.3, 0.4) is 0 Å². The highest BCUT2D eigenvalue weighted by Gasteiger charge is 2.19. The molecule has 1 N–H and O–H groups in total. The lowest BCUT2D eigenvalue weighted by Gasteiger charge is -2.34. The zero-order chi connectivity index (χ0) is 20.2. The SMILES string of the molecule is CC1CCCN(c2cnc(C(=O)Nc3ccc(N4CCN(C)CC4)cc3)cn2)C1. The molecule has 4 rings (SSSR count). The summed E-state index contributed by atoms with van der Waals surface area (Å²) in [5, 5.41) is 2.92. The fraction of sp³-hybridized carbons (Fsp3) is 0.500. The lowest BCUT2D eigenvalue weighted by Crippen LogP contribution is -2.44. The molecule has 0 aliphatic carbocycles. The summed E-state index contributed by atoms with van der Waals surface area (Å²) in [6, 6.07) is 8.02. The Balaban J connectivity index is 1.35. The number of hydrogen-bond acceptors (Lipinski definition) is 6. The number of rotatable bonds is 4. The standard InChI is InChI=1S/C22H30N6O/c1-17-4-3-9-28(16-17)21-15-23-20(14-24-21)22(29)25-18-5-7-19(8-6-18)27-12-10-26(2)11-13-27/h5-8,14-15,17H,3-4,9-13,16H2,1-2H3,(H,25,29). The molecule has 2 fully saturated rings. The number of piperidine rings is 1. The Morgan fingerprint density at radius 2 is 1.76 bits per heavy atom. The van der Waals surface area contributed by atoms with E-state index in [1.54, 1.807) is 12.4 Å². The molecule has 2 aliphatic heterocycles. The monoisotopic (exact) mass is 394 g/mol. The average Bonchev–Trinajstić information content (AvgIpc) is 2.75. The number of piperazine rings is 1. The summed E-state index contributed by atoms with van der Waals surface area (Å²) in [5.41, 5.74) is 2.29. The molecule has 1 atom stereocenters. The summed E-state index contributed by atoms with van der Waals surface area (Å²) in [4.78, 5) is 28.3. The van der Waals surface area contributed by atoms with Crippen LogP contribution in [0.4, 0.5) is 17.2 Å². The van der Waals surface area contributed by atoms with Crippen LogP contribution in [-0.2, 0) is 0 Å². The first-order valence-electron chi connectivity index (χ1n) is 10.5. The third-order valence-electron chi connectivity index (χ3n) is 5.85. The molecule has 1 aromatic heterocycles. The first-order chi connectivity index (χ1) is 14.1. The van der Waals surface area contributed by atoms with Crippen LogP contribution in [0.5, 0.6) is 0 Å². The molecule has 1 amide bonds. The number of nitrogens with one attached hydrogen (secondary N) is 1. The van der Waals surface area contributed by atoms with Crippen molar-refractivity contribution in [1.82, 2.24) is 14.9 Å². The van der Waals surface area contributed by atoms with E-state index >= 15 is 0 Å². The summed E-state index contributed by atoms with van der Waals surface area (Å²) in [6.45, 7) is 8.47. The van der Waals surface area contributed by atoms with E-state index in [1.807, 2.05) is 12.1 Å². The summed E-state index contributed by atoms with van der Waals surface area (Å²) in [7, 11) is 2.15. The van der Waals surface area contributed by atoms with E-state index in [0.717, 1.165) is 50.8 Å². The van der Waals surface area contributed by atoms with Crippen molar-refractivity contribution in [2.75, 3.05) is 61.4 Å². The van der Waals surface area contributed by atoms with Crippen molar-refractivity contribution in [3.63, 3.8) is 0 Å². The molecule has 154 valence electrons. The predicted molar refractivity (Wildman–Crippen MR) is 117 cm³/mol. The number of hydrogen-bond donors (Lipinski definition) is 1. The molecule has 1 aromatic carbocycles. The van der Waals surface area contributed by atoms with E-state index < -0.39 is 0 Å². The fourth-order valence-corrected chi connectivity index (χ4v) is 4.01. The molecule has 2 saturated heterocycles. The van der Waals surface area contributed by atoms with Crippen molar-refractivity contribution in [2.24, 2.45) is 5.92 Å². The number of benzene rings is 1. The molecule has 0 radical (unpaired) electrons. The Bertz CT molecular complexity index is 814. The maximum Gasteiger partial charge on any atom is 0.275 e. The van der Waals surface area contributed by atoms with E-state index in [0.29, 0.717) is 11.6 Å². The smallest absolute Gasteiger partial charge is 0.275 e. The second-order valence-corrected chi connectivity index (χ2v) is 8.24. The van der Waals surface area contributed by atoms with Gasteiger partial charge in [-0.25, -0.2) is 9.97 Å².